The molecule has 29 heavy (non-hydrogen) atoms. The highest BCUT2D eigenvalue weighted by Gasteiger charge is 2.15. The number of benzene rings is 2. The van der Waals surface area contributed by atoms with Crippen LogP contribution in [0.1, 0.15) is 29.5 Å². The molecule has 0 unspecified atom stereocenters. The standard InChI is InChI=1S/C23H25N5O/c1-15-4-9-18-19(12-15)25-22(24)20-21(18)28(23(29)26-20)14-17-7-5-16(6-8-17)13-27-10-2-3-11-27/h4-9,12H,2-3,10-11,13-14H2,1H3,(H2,24,25)(H,26,29). The summed E-state index contributed by atoms with van der Waals surface area (Å²) in [7, 11) is 0. The third-order valence-corrected chi connectivity index (χ3v) is 5.86. The minimum atomic E-state index is -0.164. The molecule has 1 aliphatic rings. The molecule has 0 atom stereocenters. The van der Waals surface area contributed by atoms with Gasteiger partial charge in [0, 0.05) is 11.9 Å². The van der Waals surface area contributed by atoms with Gasteiger partial charge in [0.05, 0.1) is 17.6 Å². The van der Waals surface area contributed by atoms with Gasteiger partial charge in [0.1, 0.15) is 11.3 Å². The average Bonchev–Trinajstić information content (AvgIpc) is 3.32. The Morgan fingerprint density at radius 3 is 2.45 bits per heavy atom. The second kappa shape index (κ2) is 7.04. The number of pyridine rings is 1. The number of nitrogens with one attached hydrogen (secondary N) is 1. The first-order valence-corrected chi connectivity index (χ1v) is 10.2. The molecule has 0 radical (unpaired) electrons. The molecule has 1 aliphatic heterocycles. The zero-order valence-electron chi connectivity index (χ0n) is 16.6. The zero-order valence-corrected chi connectivity index (χ0v) is 16.6. The molecule has 0 amide bonds. The molecule has 4 aromatic rings. The summed E-state index contributed by atoms with van der Waals surface area (Å²) in [6.45, 7) is 5.90. The van der Waals surface area contributed by atoms with Crippen LogP contribution in [0, 0.1) is 6.92 Å². The van der Waals surface area contributed by atoms with E-state index in [2.05, 4.69) is 39.1 Å². The summed E-state index contributed by atoms with van der Waals surface area (Å²) >= 11 is 0. The quantitative estimate of drug-likeness (QED) is 0.562. The predicted octanol–water partition coefficient (Wildman–Crippen LogP) is 3.41. The summed E-state index contributed by atoms with van der Waals surface area (Å²) in [6, 6.07) is 14.6. The van der Waals surface area contributed by atoms with Gasteiger partial charge in [-0.15, -0.1) is 0 Å². The molecule has 2 aromatic heterocycles. The van der Waals surface area contributed by atoms with Crippen LogP contribution < -0.4 is 11.4 Å². The van der Waals surface area contributed by atoms with Crippen LogP contribution in [0.15, 0.2) is 47.3 Å². The number of likely N-dealkylation sites (tertiary alicyclic amines) is 1. The third kappa shape index (κ3) is 3.29. The van der Waals surface area contributed by atoms with Crippen molar-refractivity contribution in [1.29, 1.82) is 0 Å². The molecule has 6 heteroatoms. The van der Waals surface area contributed by atoms with E-state index >= 15 is 0 Å². The smallest absolute Gasteiger partial charge is 0.326 e. The van der Waals surface area contributed by atoms with E-state index < -0.39 is 0 Å². The number of hydrogen-bond acceptors (Lipinski definition) is 4. The Kier molecular flexibility index (Phi) is 4.36. The molecule has 0 spiro atoms. The molecule has 3 heterocycles. The average molecular weight is 387 g/mol. The van der Waals surface area contributed by atoms with Crippen molar-refractivity contribution < 1.29 is 0 Å². The monoisotopic (exact) mass is 387 g/mol. The van der Waals surface area contributed by atoms with Gasteiger partial charge in [0.25, 0.3) is 0 Å². The number of nitrogen functional groups attached to an aromatic ring is 1. The Morgan fingerprint density at radius 2 is 1.72 bits per heavy atom. The fourth-order valence-corrected chi connectivity index (χ4v) is 4.34. The summed E-state index contributed by atoms with van der Waals surface area (Å²) < 4.78 is 1.76. The van der Waals surface area contributed by atoms with Gasteiger partial charge in [-0.3, -0.25) is 9.47 Å². The summed E-state index contributed by atoms with van der Waals surface area (Å²) in [6.07, 6.45) is 2.60. The fourth-order valence-electron chi connectivity index (χ4n) is 4.34. The van der Waals surface area contributed by atoms with E-state index in [1.54, 1.807) is 4.57 Å². The maximum absolute atomic E-state index is 12.7. The topological polar surface area (TPSA) is 79.9 Å². The van der Waals surface area contributed by atoms with Crippen molar-refractivity contribution in [2.45, 2.75) is 32.9 Å². The molecular weight excluding hydrogens is 362 g/mol. The van der Waals surface area contributed by atoms with Gasteiger partial charge in [0.2, 0.25) is 0 Å². The first-order chi connectivity index (χ1) is 14.1. The van der Waals surface area contributed by atoms with Gasteiger partial charge in [-0.05, 0) is 55.6 Å². The molecule has 3 N–H and O–H groups in total. The second-order valence-electron chi connectivity index (χ2n) is 8.06. The first-order valence-electron chi connectivity index (χ1n) is 10.2. The summed E-state index contributed by atoms with van der Waals surface area (Å²) in [5.74, 6) is 0.356. The molecule has 0 bridgehead atoms. The molecule has 148 valence electrons. The normalized spacial score (nSPS) is 14.9. The van der Waals surface area contributed by atoms with Crippen LogP contribution >= 0.6 is 0 Å². The Bertz CT molecular complexity index is 1250. The lowest BCUT2D eigenvalue weighted by atomic mass is 10.1. The summed E-state index contributed by atoms with van der Waals surface area (Å²) in [4.78, 5) is 22.6. The number of anilines is 1. The maximum Gasteiger partial charge on any atom is 0.326 e. The molecule has 1 saturated heterocycles. The second-order valence-corrected chi connectivity index (χ2v) is 8.06. The van der Waals surface area contributed by atoms with Crippen LogP contribution in [0.5, 0.6) is 0 Å². The highest BCUT2D eigenvalue weighted by molar-refractivity contribution is 6.06. The van der Waals surface area contributed by atoms with Crippen LogP contribution in [0.3, 0.4) is 0 Å². The van der Waals surface area contributed by atoms with E-state index in [1.807, 2.05) is 25.1 Å². The lowest BCUT2D eigenvalue weighted by molar-refractivity contribution is 0.331. The molecule has 0 aliphatic carbocycles. The molecule has 0 saturated carbocycles. The molecule has 1 fully saturated rings. The van der Waals surface area contributed by atoms with Crippen molar-refractivity contribution in [3.63, 3.8) is 0 Å². The first kappa shape index (κ1) is 17.9. The SMILES string of the molecule is Cc1ccc2c(c1)nc(N)c1[nH]c(=O)n(Cc3ccc(CN4CCCC4)cc3)c12. The van der Waals surface area contributed by atoms with Crippen molar-refractivity contribution >= 4 is 27.8 Å². The van der Waals surface area contributed by atoms with Crippen molar-refractivity contribution in [2.24, 2.45) is 0 Å². The Hall–Kier alpha value is -3.12. The zero-order chi connectivity index (χ0) is 20.0. The number of aromatic nitrogens is 3. The maximum atomic E-state index is 12.7. The van der Waals surface area contributed by atoms with Crippen LogP contribution in [0.4, 0.5) is 5.82 Å². The number of fused-ring (bicyclic) bond motifs is 3. The molecular formula is C23H25N5O. The van der Waals surface area contributed by atoms with Gasteiger partial charge in [-0.2, -0.15) is 0 Å². The van der Waals surface area contributed by atoms with Crippen molar-refractivity contribution in [3.8, 4) is 0 Å². The lowest BCUT2D eigenvalue weighted by Gasteiger charge is -2.14. The van der Waals surface area contributed by atoms with Crippen LogP contribution in [-0.2, 0) is 13.1 Å². The van der Waals surface area contributed by atoms with Gasteiger partial charge in [0.15, 0.2) is 0 Å². The van der Waals surface area contributed by atoms with E-state index in [0.29, 0.717) is 17.9 Å². The van der Waals surface area contributed by atoms with Gasteiger partial charge in [-0.25, -0.2) is 9.78 Å². The minimum absolute atomic E-state index is 0.164. The third-order valence-electron chi connectivity index (χ3n) is 5.86. The van der Waals surface area contributed by atoms with E-state index in [0.717, 1.165) is 34.1 Å². The minimum Gasteiger partial charge on any atom is -0.382 e. The number of aromatic amines is 1. The van der Waals surface area contributed by atoms with Crippen molar-refractivity contribution in [2.75, 3.05) is 18.8 Å². The number of nitrogens with zero attached hydrogens (tertiary/aromatic N) is 3. The number of H-pyrrole nitrogens is 1. The Morgan fingerprint density at radius 1 is 1.03 bits per heavy atom. The van der Waals surface area contributed by atoms with Crippen molar-refractivity contribution in [3.05, 3.63) is 69.6 Å². The van der Waals surface area contributed by atoms with Gasteiger partial charge < -0.3 is 10.7 Å². The lowest BCUT2D eigenvalue weighted by Crippen LogP contribution is -2.19. The number of rotatable bonds is 4. The molecule has 6 nitrogen and oxygen atoms in total. The van der Waals surface area contributed by atoms with Gasteiger partial charge in [-0.1, -0.05) is 36.4 Å². The van der Waals surface area contributed by atoms with Gasteiger partial charge >= 0.3 is 5.69 Å². The number of imidazole rings is 1. The van der Waals surface area contributed by atoms with Crippen LogP contribution in [-0.4, -0.2) is 32.5 Å². The predicted molar refractivity (Wildman–Crippen MR) is 117 cm³/mol. The number of nitrogens with two attached hydrogens (primary N) is 1. The Balaban J connectivity index is 1.52. The largest absolute Gasteiger partial charge is 0.382 e. The number of hydrogen-bond donors (Lipinski definition) is 2. The molecule has 2 aromatic carbocycles. The van der Waals surface area contributed by atoms with Crippen LogP contribution in [0.2, 0.25) is 0 Å². The van der Waals surface area contributed by atoms with E-state index in [1.165, 1.54) is 31.5 Å². The van der Waals surface area contributed by atoms with E-state index in [-0.39, 0.29) is 5.69 Å². The highest BCUT2D eigenvalue weighted by Crippen LogP contribution is 2.27. The molecule has 5 rings (SSSR count). The summed E-state index contributed by atoms with van der Waals surface area (Å²) in [5.41, 5.74) is 11.7. The van der Waals surface area contributed by atoms with E-state index in [9.17, 15) is 4.79 Å². The van der Waals surface area contributed by atoms with Crippen LogP contribution in [0.25, 0.3) is 21.9 Å². The summed E-state index contributed by atoms with van der Waals surface area (Å²) in [5, 5.41) is 0.934. The number of aryl methyl sites for hydroxylation is 1. The van der Waals surface area contributed by atoms with E-state index in [4.69, 9.17) is 5.73 Å². The van der Waals surface area contributed by atoms with Crippen molar-refractivity contribution in [1.82, 2.24) is 19.4 Å². The Labute approximate surface area is 169 Å². The fraction of sp³-hybridized carbons (Fsp3) is 0.304. The highest BCUT2D eigenvalue weighted by atomic mass is 16.1.